The van der Waals surface area contributed by atoms with E-state index in [0.717, 1.165) is 22.3 Å². The number of aromatic nitrogens is 4. The van der Waals surface area contributed by atoms with E-state index in [1.807, 2.05) is 0 Å². The molecule has 0 spiro atoms. The van der Waals surface area contributed by atoms with Crippen molar-refractivity contribution in [1.82, 2.24) is 19.6 Å². The Morgan fingerprint density at radius 2 is 2.12 bits per heavy atom. The fraction of sp³-hybridized carbons (Fsp3) is 0.600. The van der Waals surface area contributed by atoms with Crippen molar-refractivity contribution in [3.63, 3.8) is 0 Å². The van der Waals surface area contributed by atoms with Crippen LogP contribution in [0.3, 0.4) is 0 Å². The van der Waals surface area contributed by atoms with Crippen LogP contribution in [0, 0.1) is 0 Å². The Morgan fingerprint density at radius 1 is 1.31 bits per heavy atom. The topological polar surface area (TPSA) is 51.6 Å². The summed E-state index contributed by atoms with van der Waals surface area (Å²) in [5.74, 6) is 1.73. The van der Waals surface area contributed by atoms with E-state index in [-0.39, 0.29) is 0 Å². The monoisotopic (exact) mass is 254 g/mol. The summed E-state index contributed by atoms with van der Waals surface area (Å²) in [6, 6.07) is 0. The fourth-order valence-electron chi connectivity index (χ4n) is 1.33. The van der Waals surface area contributed by atoms with Gasteiger partial charge < -0.3 is 0 Å². The minimum Gasteiger partial charge on any atom is -0.224 e. The predicted molar refractivity (Wildman–Crippen MR) is 66.0 cm³/mol. The Kier molecular flexibility index (Phi) is 3.60. The molecule has 0 bridgehead atoms. The van der Waals surface area contributed by atoms with Gasteiger partial charge in [-0.1, -0.05) is 20.8 Å². The number of nitrogens with zero attached hydrogens (tertiary/aromatic N) is 4. The molecular weight excluding hydrogens is 240 g/mol. The molecule has 0 aliphatic rings. The van der Waals surface area contributed by atoms with Gasteiger partial charge in [-0.05, 0) is 11.5 Å². The molecular formula is C10H14N4S2. The van der Waals surface area contributed by atoms with Crippen LogP contribution in [0.15, 0.2) is 5.51 Å². The zero-order valence-corrected chi connectivity index (χ0v) is 11.2. The molecule has 1 unspecified atom stereocenters. The van der Waals surface area contributed by atoms with Gasteiger partial charge in [-0.3, -0.25) is 0 Å². The number of rotatable bonds is 4. The van der Waals surface area contributed by atoms with Crippen molar-refractivity contribution < 1.29 is 0 Å². The lowest BCUT2D eigenvalue weighted by Crippen LogP contribution is -1.98. The molecule has 4 nitrogen and oxygen atoms in total. The van der Waals surface area contributed by atoms with Crippen molar-refractivity contribution in [2.75, 3.05) is 0 Å². The van der Waals surface area contributed by atoms with Gasteiger partial charge in [0.2, 0.25) is 0 Å². The number of hydrogen-bond acceptors (Lipinski definition) is 6. The maximum atomic E-state index is 4.52. The van der Waals surface area contributed by atoms with E-state index >= 15 is 0 Å². The van der Waals surface area contributed by atoms with Gasteiger partial charge in [0.1, 0.15) is 21.4 Å². The van der Waals surface area contributed by atoms with E-state index in [4.69, 9.17) is 0 Å². The van der Waals surface area contributed by atoms with Gasteiger partial charge in [0.15, 0.2) is 0 Å². The van der Waals surface area contributed by atoms with Crippen LogP contribution in [-0.4, -0.2) is 19.6 Å². The molecule has 0 N–H and O–H groups in total. The van der Waals surface area contributed by atoms with Gasteiger partial charge in [0, 0.05) is 18.3 Å². The van der Waals surface area contributed by atoms with Crippen LogP contribution in [-0.2, 0) is 6.42 Å². The molecule has 86 valence electrons. The van der Waals surface area contributed by atoms with Gasteiger partial charge in [0.25, 0.3) is 0 Å². The largest absolute Gasteiger partial charge is 0.224 e. The Bertz CT molecular complexity index is 435. The second kappa shape index (κ2) is 4.97. The van der Waals surface area contributed by atoms with E-state index in [1.165, 1.54) is 11.5 Å². The Hall–Kier alpha value is -0.880. The molecule has 0 aliphatic carbocycles. The van der Waals surface area contributed by atoms with Gasteiger partial charge >= 0.3 is 0 Å². The SMILES string of the molecule is CC(C)c1nsc(CC(C)c2nncs2)n1. The van der Waals surface area contributed by atoms with Crippen molar-refractivity contribution in [3.8, 4) is 0 Å². The van der Waals surface area contributed by atoms with Gasteiger partial charge in [0.05, 0.1) is 0 Å². The standard InChI is InChI=1S/C10H14N4S2/c1-6(2)9-12-8(16-14-9)4-7(3)10-13-11-5-15-10/h5-7H,4H2,1-3H3. The summed E-state index contributed by atoms with van der Waals surface area (Å²) >= 11 is 3.10. The smallest absolute Gasteiger partial charge is 0.145 e. The fourth-order valence-corrected chi connectivity index (χ4v) is 2.85. The molecule has 0 amide bonds. The number of hydrogen-bond donors (Lipinski definition) is 0. The van der Waals surface area contributed by atoms with Crippen LogP contribution in [0.1, 0.15) is 48.4 Å². The molecule has 16 heavy (non-hydrogen) atoms. The highest BCUT2D eigenvalue weighted by molar-refractivity contribution is 7.09. The summed E-state index contributed by atoms with van der Waals surface area (Å²) < 4.78 is 4.35. The maximum absolute atomic E-state index is 4.52. The molecule has 0 fully saturated rings. The molecule has 2 aromatic heterocycles. The van der Waals surface area contributed by atoms with E-state index in [0.29, 0.717) is 11.8 Å². The van der Waals surface area contributed by atoms with E-state index in [9.17, 15) is 0 Å². The third-order valence-electron chi connectivity index (χ3n) is 2.28. The van der Waals surface area contributed by atoms with Gasteiger partial charge in [-0.15, -0.1) is 21.5 Å². The van der Waals surface area contributed by atoms with Crippen LogP contribution in [0.2, 0.25) is 0 Å². The Labute approximate surface area is 103 Å². The van der Waals surface area contributed by atoms with Crippen molar-refractivity contribution in [3.05, 3.63) is 21.4 Å². The minimum absolute atomic E-state index is 0.375. The molecule has 2 aromatic rings. The summed E-state index contributed by atoms with van der Waals surface area (Å²) in [6.07, 6.45) is 0.902. The molecule has 2 heterocycles. The highest BCUT2D eigenvalue weighted by atomic mass is 32.1. The highest BCUT2D eigenvalue weighted by Crippen LogP contribution is 2.23. The zero-order chi connectivity index (χ0) is 11.5. The molecule has 0 saturated carbocycles. The average Bonchev–Trinajstić information content (AvgIpc) is 2.87. The summed E-state index contributed by atoms with van der Waals surface area (Å²) in [6.45, 7) is 6.37. The first-order valence-corrected chi connectivity index (χ1v) is 6.90. The van der Waals surface area contributed by atoms with Crippen LogP contribution in [0.4, 0.5) is 0 Å². The van der Waals surface area contributed by atoms with Gasteiger partial charge in [-0.25, -0.2) is 4.98 Å². The molecule has 0 aromatic carbocycles. The minimum atomic E-state index is 0.375. The predicted octanol–water partition coefficient (Wildman–Crippen LogP) is 2.86. The maximum Gasteiger partial charge on any atom is 0.145 e. The molecule has 0 radical (unpaired) electrons. The normalized spacial score (nSPS) is 13.2. The molecule has 0 aliphatic heterocycles. The lowest BCUT2D eigenvalue weighted by molar-refractivity contribution is 0.721. The second-order valence-electron chi connectivity index (χ2n) is 4.08. The first kappa shape index (κ1) is 11.6. The Balaban J connectivity index is 2.03. The van der Waals surface area contributed by atoms with E-state index in [2.05, 4.69) is 40.3 Å². The van der Waals surface area contributed by atoms with Crippen molar-refractivity contribution in [2.24, 2.45) is 0 Å². The van der Waals surface area contributed by atoms with Crippen molar-refractivity contribution in [2.45, 2.75) is 39.0 Å². The molecule has 1 atom stereocenters. The quantitative estimate of drug-likeness (QED) is 0.842. The lowest BCUT2D eigenvalue weighted by atomic mass is 10.1. The average molecular weight is 254 g/mol. The zero-order valence-electron chi connectivity index (χ0n) is 9.54. The van der Waals surface area contributed by atoms with Crippen LogP contribution < -0.4 is 0 Å². The molecule has 0 saturated heterocycles. The third-order valence-corrected chi connectivity index (χ3v) is 3.95. The van der Waals surface area contributed by atoms with Crippen LogP contribution in [0.5, 0.6) is 0 Å². The van der Waals surface area contributed by atoms with Crippen molar-refractivity contribution in [1.29, 1.82) is 0 Å². The summed E-state index contributed by atoms with van der Waals surface area (Å²) in [5, 5.41) is 10.1. The third kappa shape index (κ3) is 2.62. The van der Waals surface area contributed by atoms with E-state index in [1.54, 1.807) is 16.8 Å². The first-order chi connectivity index (χ1) is 7.66. The van der Waals surface area contributed by atoms with Crippen LogP contribution >= 0.6 is 22.9 Å². The summed E-state index contributed by atoms with van der Waals surface area (Å²) in [7, 11) is 0. The van der Waals surface area contributed by atoms with E-state index < -0.39 is 0 Å². The molecule has 2 rings (SSSR count). The second-order valence-corrected chi connectivity index (χ2v) is 5.78. The van der Waals surface area contributed by atoms with Gasteiger partial charge in [-0.2, -0.15) is 4.37 Å². The lowest BCUT2D eigenvalue weighted by Gasteiger charge is -2.03. The van der Waals surface area contributed by atoms with Crippen molar-refractivity contribution >= 4 is 22.9 Å². The summed E-state index contributed by atoms with van der Waals surface area (Å²) in [4.78, 5) is 4.52. The molecule has 6 heteroatoms. The summed E-state index contributed by atoms with van der Waals surface area (Å²) in [5.41, 5.74) is 1.77. The van der Waals surface area contributed by atoms with Crippen LogP contribution in [0.25, 0.3) is 0 Å². The first-order valence-electron chi connectivity index (χ1n) is 5.25. The Morgan fingerprint density at radius 3 is 2.69 bits per heavy atom. The highest BCUT2D eigenvalue weighted by Gasteiger charge is 2.14.